The summed E-state index contributed by atoms with van der Waals surface area (Å²) in [5, 5.41) is 2.94. The van der Waals surface area contributed by atoms with Gasteiger partial charge in [0.15, 0.2) is 16.1 Å². The van der Waals surface area contributed by atoms with Crippen LogP contribution in [0.15, 0.2) is 37.0 Å². The molecule has 3 heterocycles. The molecule has 0 saturated carbocycles. The maximum atomic E-state index is 12.7. The van der Waals surface area contributed by atoms with Gasteiger partial charge in [-0.15, -0.1) is 0 Å². The van der Waals surface area contributed by atoms with Gasteiger partial charge in [-0.3, -0.25) is 18.7 Å². The van der Waals surface area contributed by atoms with Crippen molar-refractivity contribution < 1.29 is 9.21 Å². The van der Waals surface area contributed by atoms with E-state index in [1.165, 1.54) is 24.7 Å². The number of carbonyl (C=O) groups excluding carboxylic acids is 1. The molecule has 0 aliphatic carbocycles. The molecule has 0 aliphatic heterocycles. The highest BCUT2D eigenvalue weighted by Crippen LogP contribution is 2.29. The summed E-state index contributed by atoms with van der Waals surface area (Å²) in [6.45, 7) is 3.85. The lowest BCUT2D eigenvalue weighted by atomic mass is 10.0. The minimum absolute atomic E-state index is 0.00697. The van der Waals surface area contributed by atoms with Crippen molar-refractivity contribution in [3.8, 4) is 0 Å². The molecule has 1 N–H and O–H groups in total. The zero-order chi connectivity index (χ0) is 19.2. The van der Waals surface area contributed by atoms with Gasteiger partial charge >= 0.3 is 5.69 Å². The summed E-state index contributed by atoms with van der Waals surface area (Å²) in [5.74, 6) is -0.410. The van der Waals surface area contributed by atoms with Crippen LogP contribution in [0.3, 0.4) is 0 Å². The van der Waals surface area contributed by atoms with Crippen molar-refractivity contribution in [2.24, 2.45) is 14.1 Å². The average Bonchev–Trinajstić information content (AvgIpc) is 3.04. The number of anilines is 1. The van der Waals surface area contributed by atoms with E-state index < -0.39 is 17.2 Å². The molecule has 0 fully saturated rings. The van der Waals surface area contributed by atoms with Crippen LogP contribution in [0, 0.1) is 0 Å². The van der Waals surface area contributed by atoms with Gasteiger partial charge in [0.1, 0.15) is 5.39 Å². The number of amides is 1. The summed E-state index contributed by atoms with van der Waals surface area (Å²) < 4.78 is 7.97. The number of nitrogens with one attached hydrogen (secondary N) is 1. The summed E-state index contributed by atoms with van der Waals surface area (Å²) >= 11 is 3.15. The standard InChI is InChI=1S/C17H17BrN4O4/c1-8(2)9-7-19-14-12(16(24)22(4)17(25)21(14)3)13(9)20-15(23)10-5-6-11(18)26-10/h5-8H,1-4H3,(H,19,20,23). The quantitative estimate of drug-likeness (QED) is 0.700. The number of rotatable bonds is 3. The minimum Gasteiger partial charge on any atom is -0.444 e. The molecule has 3 aromatic heterocycles. The molecule has 0 radical (unpaired) electrons. The molecule has 8 nitrogen and oxygen atoms in total. The number of nitrogens with zero attached hydrogens (tertiary/aromatic N) is 3. The number of aryl methyl sites for hydroxylation is 1. The highest BCUT2D eigenvalue weighted by molar-refractivity contribution is 9.10. The van der Waals surface area contributed by atoms with Crippen LogP contribution in [0.2, 0.25) is 0 Å². The highest BCUT2D eigenvalue weighted by atomic mass is 79.9. The Morgan fingerprint density at radius 2 is 1.92 bits per heavy atom. The fourth-order valence-corrected chi connectivity index (χ4v) is 3.03. The van der Waals surface area contributed by atoms with Gasteiger partial charge in [0, 0.05) is 20.3 Å². The number of pyridine rings is 1. The molecule has 0 saturated heterocycles. The number of aromatic nitrogens is 3. The SMILES string of the molecule is CC(C)c1cnc2c(c1NC(=O)c1ccc(Br)o1)c(=O)n(C)c(=O)n2C. The Balaban J connectivity index is 2.30. The predicted octanol–water partition coefficient (Wildman–Crippen LogP) is 2.36. The summed E-state index contributed by atoms with van der Waals surface area (Å²) in [7, 11) is 2.92. The number of carbonyl (C=O) groups is 1. The van der Waals surface area contributed by atoms with E-state index in [1.807, 2.05) is 13.8 Å². The molecule has 26 heavy (non-hydrogen) atoms. The van der Waals surface area contributed by atoms with Gasteiger partial charge < -0.3 is 9.73 Å². The molecular formula is C17H17BrN4O4. The van der Waals surface area contributed by atoms with Crippen molar-refractivity contribution in [3.05, 3.63) is 55.2 Å². The van der Waals surface area contributed by atoms with E-state index >= 15 is 0 Å². The molecule has 0 bridgehead atoms. The number of hydrogen-bond acceptors (Lipinski definition) is 5. The number of hydrogen-bond donors (Lipinski definition) is 1. The molecule has 0 atom stereocenters. The Morgan fingerprint density at radius 1 is 1.23 bits per heavy atom. The molecule has 1 amide bonds. The molecule has 0 aromatic carbocycles. The van der Waals surface area contributed by atoms with E-state index in [9.17, 15) is 14.4 Å². The van der Waals surface area contributed by atoms with Crippen molar-refractivity contribution >= 4 is 38.6 Å². The molecule has 0 spiro atoms. The monoisotopic (exact) mass is 420 g/mol. The van der Waals surface area contributed by atoms with E-state index in [2.05, 4.69) is 26.2 Å². The Kier molecular flexibility index (Phi) is 4.57. The molecule has 3 rings (SSSR count). The maximum Gasteiger partial charge on any atom is 0.332 e. The van der Waals surface area contributed by atoms with Crippen molar-refractivity contribution in [2.75, 3.05) is 5.32 Å². The number of halogens is 1. The Bertz CT molecular complexity index is 1140. The number of furan rings is 1. The minimum atomic E-state index is -0.519. The Labute approximate surface area is 156 Å². The highest BCUT2D eigenvalue weighted by Gasteiger charge is 2.21. The lowest BCUT2D eigenvalue weighted by molar-refractivity contribution is 0.0995. The van der Waals surface area contributed by atoms with E-state index in [0.717, 1.165) is 4.57 Å². The summed E-state index contributed by atoms with van der Waals surface area (Å²) in [4.78, 5) is 41.8. The van der Waals surface area contributed by atoms with Gasteiger partial charge in [0.25, 0.3) is 11.5 Å². The smallest absolute Gasteiger partial charge is 0.332 e. The van der Waals surface area contributed by atoms with E-state index in [1.54, 1.807) is 12.3 Å². The van der Waals surface area contributed by atoms with Gasteiger partial charge in [0.2, 0.25) is 0 Å². The lowest BCUT2D eigenvalue weighted by Crippen LogP contribution is -2.38. The van der Waals surface area contributed by atoms with Gasteiger partial charge in [-0.1, -0.05) is 13.8 Å². The van der Waals surface area contributed by atoms with E-state index in [4.69, 9.17) is 4.42 Å². The molecular weight excluding hydrogens is 404 g/mol. The van der Waals surface area contributed by atoms with Crippen LogP contribution in [0.1, 0.15) is 35.9 Å². The fourth-order valence-electron chi connectivity index (χ4n) is 2.73. The third kappa shape index (κ3) is 2.88. The summed E-state index contributed by atoms with van der Waals surface area (Å²) in [5.41, 5.74) is 0.220. The van der Waals surface area contributed by atoms with E-state index in [-0.39, 0.29) is 22.7 Å². The lowest BCUT2D eigenvalue weighted by Gasteiger charge is -2.17. The summed E-state index contributed by atoms with van der Waals surface area (Å²) in [6.07, 6.45) is 1.57. The molecule has 3 aromatic rings. The first-order valence-electron chi connectivity index (χ1n) is 7.87. The molecule has 0 aliphatic rings. The molecule has 0 unspecified atom stereocenters. The van der Waals surface area contributed by atoms with Crippen molar-refractivity contribution in [2.45, 2.75) is 19.8 Å². The molecule has 136 valence electrons. The Hall–Kier alpha value is -2.68. The topological polar surface area (TPSA) is 99.1 Å². The summed E-state index contributed by atoms with van der Waals surface area (Å²) in [6, 6.07) is 3.12. The van der Waals surface area contributed by atoms with E-state index in [0.29, 0.717) is 15.9 Å². The van der Waals surface area contributed by atoms with Gasteiger partial charge in [-0.2, -0.15) is 0 Å². The van der Waals surface area contributed by atoms with Crippen LogP contribution in [-0.2, 0) is 14.1 Å². The first-order valence-corrected chi connectivity index (χ1v) is 8.67. The zero-order valence-electron chi connectivity index (χ0n) is 14.7. The van der Waals surface area contributed by atoms with Crippen LogP contribution >= 0.6 is 15.9 Å². The van der Waals surface area contributed by atoms with Crippen LogP contribution < -0.4 is 16.6 Å². The zero-order valence-corrected chi connectivity index (χ0v) is 16.2. The van der Waals surface area contributed by atoms with Crippen LogP contribution in [0.4, 0.5) is 5.69 Å². The fraction of sp³-hybridized carbons (Fsp3) is 0.294. The van der Waals surface area contributed by atoms with Gasteiger partial charge in [-0.25, -0.2) is 9.78 Å². The van der Waals surface area contributed by atoms with Crippen molar-refractivity contribution in [1.82, 2.24) is 14.1 Å². The number of fused-ring (bicyclic) bond motifs is 1. The normalized spacial score (nSPS) is 11.3. The van der Waals surface area contributed by atoms with Crippen LogP contribution in [0.25, 0.3) is 11.0 Å². The maximum absolute atomic E-state index is 12.7. The average molecular weight is 421 g/mol. The second-order valence-corrected chi connectivity index (χ2v) is 6.99. The van der Waals surface area contributed by atoms with Crippen molar-refractivity contribution in [1.29, 1.82) is 0 Å². The van der Waals surface area contributed by atoms with Gasteiger partial charge in [0.05, 0.1) is 5.69 Å². The first kappa shape index (κ1) is 18.1. The third-order valence-electron chi connectivity index (χ3n) is 4.16. The second kappa shape index (κ2) is 6.56. The van der Waals surface area contributed by atoms with Crippen LogP contribution in [0.5, 0.6) is 0 Å². The van der Waals surface area contributed by atoms with Crippen LogP contribution in [-0.4, -0.2) is 20.0 Å². The van der Waals surface area contributed by atoms with Crippen molar-refractivity contribution in [3.63, 3.8) is 0 Å². The first-order chi connectivity index (χ1) is 12.2. The third-order valence-corrected chi connectivity index (χ3v) is 4.58. The second-order valence-electron chi connectivity index (χ2n) is 6.21. The van der Waals surface area contributed by atoms with Gasteiger partial charge in [-0.05, 0) is 39.5 Å². The largest absolute Gasteiger partial charge is 0.444 e. The Morgan fingerprint density at radius 3 is 2.50 bits per heavy atom. The predicted molar refractivity (Wildman–Crippen MR) is 101 cm³/mol. The molecule has 9 heteroatoms.